The maximum absolute atomic E-state index is 9.52. The van der Waals surface area contributed by atoms with Crippen LogP contribution in [-0.4, -0.2) is 49.8 Å². The van der Waals surface area contributed by atoms with Crippen LogP contribution in [0.2, 0.25) is 0 Å². The quantitative estimate of drug-likeness (QED) is 0.776. The van der Waals surface area contributed by atoms with Gasteiger partial charge < -0.3 is 10.1 Å². The van der Waals surface area contributed by atoms with E-state index in [1.54, 1.807) is 7.11 Å². The van der Waals surface area contributed by atoms with Gasteiger partial charge in [-0.25, -0.2) is 0 Å². The minimum Gasteiger partial charge on any atom is -0.383 e. The largest absolute Gasteiger partial charge is 0.383 e. The molecule has 3 atom stereocenters. The summed E-state index contributed by atoms with van der Waals surface area (Å²) in [7, 11) is 3.70. The molecule has 2 aliphatic rings. The average molecular weight is 279 g/mol. The van der Waals surface area contributed by atoms with Gasteiger partial charge in [-0.15, -0.1) is 0 Å². The molecular formula is C16H29N3O. The highest BCUT2D eigenvalue weighted by Gasteiger charge is 2.41. The highest BCUT2D eigenvalue weighted by atomic mass is 16.5. The summed E-state index contributed by atoms with van der Waals surface area (Å²) in [6.45, 7) is 4.13. The first kappa shape index (κ1) is 15.8. The van der Waals surface area contributed by atoms with Gasteiger partial charge in [0.2, 0.25) is 0 Å². The second kappa shape index (κ2) is 6.89. The summed E-state index contributed by atoms with van der Waals surface area (Å²) in [5, 5.41) is 12.8. The third-order valence-corrected chi connectivity index (χ3v) is 5.27. The highest BCUT2D eigenvalue weighted by molar-refractivity contribution is 5.11. The van der Waals surface area contributed by atoms with Crippen molar-refractivity contribution in [3.05, 3.63) is 0 Å². The van der Waals surface area contributed by atoms with E-state index in [1.807, 2.05) is 7.05 Å². The summed E-state index contributed by atoms with van der Waals surface area (Å²) in [4.78, 5) is 2.61. The van der Waals surface area contributed by atoms with Gasteiger partial charge in [-0.1, -0.05) is 0 Å². The molecule has 0 saturated heterocycles. The number of ether oxygens (including phenoxy) is 1. The summed E-state index contributed by atoms with van der Waals surface area (Å²) >= 11 is 0. The van der Waals surface area contributed by atoms with Crippen LogP contribution in [-0.2, 0) is 4.74 Å². The van der Waals surface area contributed by atoms with Gasteiger partial charge in [-0.05, 0) is 58.4 Å². The Hall–Kier alpha value is -0.630. The van der Waals surface area contributed by atoms with Gasteiger partial charge in [-0.3, -0.25) is 4.90 Å². The average Bonchev–Trinajstić information content (AvgIpc) is 3.32. The molecule has 0 aromatic heterocycles. The van der Waals surface area contributed by atoms with Crippen LogP contribution in [0.25, 0.3) is 0 Å². The predicted molar refractivity (Wildman–Crippen MR) is 80.4 cm³/mol. The van der Waals surface area contributed by atoms with E-state index in [-0.39, 0.29) is 5.54 Å². The Bertz CT molecular complexity index is 350. The number of nitrogens with one attached hydrogen (secondary N) is 1. The molecule has 0 radical (unpaired) electrons. The van der Waals surface area contributed by atoms with Crippen molar-refractivity contribution < 1.29 is 4.74 Å². The Labute approximate surface area is 123 Å². The molecular weight excluding hydrogens is 250 g/mol. The maximum Gasteiger partial charge on any atom is 0.108 e. The van der Waals surface area contributed by atoms with E-state index in [2.05, 4.69) is 23.2 Å². The zero-order chi connectivity index (χ0) is 14.6. The van der Waals surface area contributed by atoms with Gasteiger partial charge >= 0.3 is 0 Å². The van der Waals surface area contributed by atoms with Crippen LogP contribution in [0.1, 0.15) is 45.4 Å². The van der Waals surface area contributed by atoms with Crippen molar-refractivity contribution in [2.45, 2.75) is 63.1 Å². The summed E-state index contributed by atoms with van der Waals surface area (Å²) in [5.41, 5.74) is -0.322. The van der Waals surface area contributed by atoms with Crippen molar-refractivity contribution in [1.82, 2.24) is 10.2 Å². The molecule has 20 heavy (non-hydrogen) atoms. The van der Waals surface area contributed by atoms with Gasteiger partial charge in [0.25, 0.3) is 0 Å². The van der Waals surface area contributed by atoms with E-state index < -0.39 is 0 Å². The zero-order valence-electron chi connectivity index (χ0n) is 13.2. The number of nitrogens with zero attached hydrogens (tertiary/aromatic N) is 2. The number of rotatable bonds is 7. The molecule has 2 fully saturated rings. The van der Waals surface area contributed by atoms with E-state index in [4.69, 9.17) is 4.74 Å². The van der Waals surface area contributed by atoms with E-state index in [0.29, 0.717) is 12.1 Å². The Morgan fingerprint density at radius 1 is 1.45 bits per heavy atom. The fourth-order valence-corrected chi connectivity index (χ4v) is 3.68. The molecule has 0 aromatic carbocycles. The van der Waals surface area contributed by atoms with Crippen LogP contribution in [0.15, 0.2) is 0 Å². The molecule has 4 heteroatoms. The Kier molecular flexibility index (Phi) is 5.42. The van der Waals surface area contributed by atoms with Crippen LogP contribution in [0, 0.1) is 17.2 Å². The van der Waals surface area contributed by atoms with E-state index in [1.165, 1.54) is 19.3 Å². The Morgan fingerprint density at radius 3 is 2.75 bits per heavy atom. The molecule has 0 aromatic rings. The van der Waals surface area contributed by atoms with Crippen molar-refractivity contribution in [2.75, 3.05) is 27.3 Å². The number of nitriles is 1. The summed E-state index contributed by atoms with van der Waals surface area (Å²) in [5.74, 6) is 0.861. The molecule has 2 rings (SSSR count). The molecule has 114 valence electrons. The van der Waals surface area contributed by atoms with Crippen LogP contribution in [0.3, 0.4) is 0 Å². The number of methoxy groups -OCH3 is 1. The topological polar surface area (TPSA) is 48.3 Å². The Morgan fingerprint density at radius 2 is 2.20 bits per heavy atom. The van der Waals surface area contributed by atoms with Crippen LogP contribution < -0.4 is 5.32 Å². The lowest BCUT2D eigenvalue weighted by Crippen LogP contribution is -2.54. The molecule has 3 unspecified atom stereocenters. The predicted octanol–water partition coefficient (Wildman–Crippen LogP) is 2.16. The maximum atomic E-state index is 9.52. The van der Waals surface area contributed by atoms with Crippen molar-refractivity contribution in [3.63, 3.8) is 0 Å². The molecule has 1 N–H and O–H groups in total. The lowest BCUT2D eigenvalue weighted by molar-refractivity contribution is 0.0505. The lowest BCUT2D eigenvalue weighted by atomic mass is 9.79. The Balaban J connectivity index is 2.05. The van der Waals surface area contributed by atoms with Crippen LogP contribution in [0.5, 0.6) is 0 Å². The van der Waals surface area contributed by atoms with E-state index in [0.717, 1.165) is 38.3 Å². The molecule has 4 nitrogen and oxygen atoms in total. The van der Waals surface area contributed by atoms with E-state index >= 15 is 0 Å². The fourth-order valence-electron chi connectivity index (χ4n) is 3.68. The standard InChI is InChI=1S/C16H29N3O/c1-13(14-6-7-14)19(9-10-20-3)15-5-4-8-16(11-15,12-17)18-2/h13-15,18H,4-11H2,1-3H3. The van der Waals surface area contributed by atoms with Gasteiger partial charge in [0.05, 0.1) is 12.7 Å². The molecule has 0 amide bonds. The third-order valence-electron chi connectivity index (χ3n) is 5.27. The van der Waals surface area contributed by atoms with Crippen LogP contribution in [0.4, 0.5) is 0 Å². The second-order valence-corrected chi connectivity index (χ2v) is 6.50. The first-order chi connectivity index (χ1) is 9.65. The molecule has 0 aliphatic heterocycles. The van der Waals surface area contributed by atoms with Crippen LogP contribution >= 0.6 is 0 Å². The van der Waals surface area contributed by atoms with Gasteiger partial charge in [0, 0.05) is 25.7 Å². The first-order valence-electron chi connectivity index (χ1n) is 8.00. The normalized spacial score (nSPS) is 32.0. The van der Waals surface area contributed by atoms with E-state index in [9.17, 15) is 5.26 Å². The summed E-state index contributed by atoms with van der Waals surface area (Å²) in [6, 6.07) is 3.66. The molecule has 2 saturated carbocycles. The summed E-state index contributed by atoms with van der Waals surface area (Å²) < 4.78 is 5.30. The van der Waals surface area contributed by atoms with Crippen molar-refractivity contribution in [1.29, 1.82) is 5.26 Å². The number of hydrogen-bond acceptors (Lipinski definition) is 4. The smallest absolute Gasteiger partial charge is 0.108 e. The van der Waals surface area contributed by atoms with Gasteiger partial charge in [0.1, 0.15) is 5.54 Å². The van der Waals surface area contributed by atoms with Crippen molar-refractivity contribution in [2.24, 2.45) is 5.92 Å². The molecule has 0 heterocycles. The van der Waals surface area contributed by atoms with Gasteiger partial charge in [0.15, 0.2) is 0 Å². The summed E-state index contributed by atoms with van der Waals surface area (Å²) in [6.07, 6.45) is 7.01. The number of hydrogen-bond donors (Lipinski definition) is 1. The SMILES string of the molecule is CNC1(C#N)CCCC(N(CCOC)C(C)C2CC2)C1. The third kappa shape index (κ3) is 3.52. The monoisotopic (exact) mass is 279 g/mol. The lowest BCUT2D eigenvalue weighted by Gasteiger charge is -2.43. The highest BCUT2D eigenvalue weighted by Crippen LogP contribution is 2.39. The second-order valence-electron chi connectivity index (χ2n) is 6.50. The molecule has 0 bridgehead atoms. The van der Waals surface area contributed by atoms with Crippen molar-refractivity contribution in [3.8, 4) is 6.07 Å². The molecule has 2 aliphatic carbocycles. The minimum atomic E-state index is -0.322. The first-order valence-corrected chi connectivity index (χ1v) is 8.00. The van der Waals surface area contributed by atoms with Gasteiger partial charge in [-0.2, -0.15) is 5.26 Å². The molecule has 0 spiro atoms. The zero-order valence-corrected chi connectivity index (χ0v) is 13.2. The fraction of sp³-hybridized carbons (Fsp3) is 0.938. The minimum absolute atomic E-state index is 0.322. The van der Waals surface area contributed by atoms with Crippen molar-refractivity contribution >= 4 is 0 Å².